The molecule has 1 saturated heterocycles. The Kier molecular flexibility index (Phi) is 3.25. The Morgan fingerprint density at radius 1 is 1.47 bits per heavy atom. The van der Waals surface area contributed by atoms with E-state index < -0.39 is 17.8 Å². The van der Waals surface area contributed by atoms with Crippen LogP contribution in [0.4, 0.5) is 24.8 Å². The van der Waals surface area contributed by atoms with Crippen LogP contribution in [-0.4, -0.2) is 30.0 Å². The summed E-state index contributed by atoms with van der Waals surface area (Å²) in [6.07, 6.45) is -4.49. The van der Waals surface area contributed by atoms with Gasteiger partial charge in [0.05, 0.1) is 5.56 Å². The molecule has 5 nitrogen and oxygen atoms in total. The van der Waals surface area contributed by atoms with Crippen molar-refractivity contribution >= 4 is 17.5 Å². The smallest absolute Gasteiger partial charge is 0.384 e. The number of piperazine rings is 1. The van der Waals surface area contributed by atoms with Gasteiger partial charge < -0.3 is 16.0 Å². The van der Waals surface area contributed by atoms with Crippen molar-refractivity contribution in [2.45, 2.75) is 19.1 Å². The van der Waals surface area contributed by atoms with Crippen LogP contribution in [0.1, 0.15) is 12.5 Å². The molecule has 1 aliphatic rings. The highest BCUT2D eigenvalue weighted by atomic mass is 19.4. The average Bonchev–Trinajstić information content (AvgIpc) is 2.31. The molecule has 2 rings (SSSR count). The van der Waals surface area contributed by atoms with Gasteiger partial charge in [0.25, 0.3) is 0 Å². The van der Waals surface area contributed by atoms with E-state index in [4.69, 9.17) is 5.73 Å². The molecular weight excluding hydrogens is 261 g/mol. The number of carbonyl (C=O) groups excluding carboxylic acids is 1. The van der Waals surface area contributed by atoms with E-state index in [1.54, 1.807) is 6.92 Å². The number of halogens is 3. The molecular formula is C11H13F3N4O. The normalized spacial score (nSPS) is 20.3. The van der Waals surface area contributed by atoms with Crippen molar-refractivity contribution in [3.8, 4) is 0 Å². The van der Waals surface area contributed by atoms with Gasteiger partial charge in [0.1, 0.15) is 17.7 Å². The highest BCUT2D eigenvalue weighted by Gasteiger charge is 2.33. The molecule has 19 heavy (non-hydrogen) atoms. The maximum absolute atomic E-state index is 12.7. The molecule has 0 aliphatic carbocycles. The summed E-state index contributed by atoms with van der Waals surface area (Å²) < 4.78 is 38.1. The molecule has 104 valence electrons. The first-order valence-corrected chi connectivity index (χ1v) is 5.68. The van der Waals surface area contributed by atoms with Crippen molar-refractivity contribution in [2.24, 2.45) is 0 Å². The standard InChI is InChI=1S/C11H13F3N4O/c1-6-10(19)16-2-3-18(6)9-5-7(11(12,13)14)4-8(15)17-9/h4-6H,2-3H2,1H3,(H2,15,17)(H,16,19). The predicted octanol–water partition coefficient (Wildman–Crippen LogP) is 1.01. The number of alkyl halides is 3. The Morgan fingerprint density at radius 2 is 2.16 bits per heavy atom. The van der Waals surface area contributed by atoms with Gasteiger partial charge in [0, 0.05) is 13.1 Å². The molecule has 0 spiro atoms. The fourth-order valence-electron chi connectivity index (χ4n) is 1.94. The highest BCUT2D eigenvalue weighted by Crippen LogP contribution is 2.32. The Balaban J connectivity index is 2.39. The van der Waals surface area contributed by atoms with Gasteiger partial charge in [-0.3, -0.25) is 4.79 Å². The zero-order valence-electron chi connectivity index (χ0n) is 10.2. The van der Waals surface area contributed by atoms with E-state index in [1.165, 1.54) is 4.90 Å². The lowest BCUT2D eigenvalue weighted by atomic mass is 10.1. The van der Waals surface area contributed by atoms with Crippen molar-refractivity contribution in [3.63, 3.8) is 0 Å². The molecule has 0 saturated carbocycles. The van der Waals surface area contributed by atoms with Crippen LogP contribution in [0.25, 0.3) is 0 Å². The summed E-state index contributed by atoms with van der Waals surface area (Å²) in [7, 11) is 0. The van der Waals surface area contributed by atoms with Crippen LogP contribution < -0.4 is 16.0 Å². The second kappa shape index (κ2) is 4.60. The van der Waals surface area contributed by atoms with Gasteiger partial charge in [0.2, 0.25) is 5.91 Å². The number of carbonyl (C=O) groups is 1. The molecule has 3 N–H and O–H groups in total. The van der Waals surface area contributed by atoms with E-state index in [9.17, 15) is 18.0 Å². The van der Waals surface area contributed by atoms with Crippen molar-refractivity contribution in [1.29, 1.82) is 0 Å². The third-order valence-corrected chi connectivity index (χ3v) is 2.95. The molecule has 1 aromatic rings. The Morgan fingerprint density at radius 3 is 2.79 bits per heavy atom. The second-order valence-corrected chi connectivity index (χ2v) is 4.30. The summed E-state index contributed by atoms with van der Waals surface area (Å²) >= 11 is 0. The summed E-state index contributed by atoms with van der Waals surface area (Å²) in [5, 5.41) is 2.63. The minimum absolute atomic E-state index is 0.0645. The molecule has 8 heteroatoms. The Hall–Kier alpha value is -1.99. The van der Waals surface area contributed by atoms with Gasteiger partial charge in [-0.25, -0.2) is 4.98 Å². The maximum Gasteiger partial charge on any atom is 0.416 e. The zero-order chi connectivity index (χ0) is 14.2. The van der Waals surface area contributed by atoms with Crippen LogP contribution >= 0.6 is 0 Å². The number of nitrogens with zero attached hydrogens (tertiary/aromatic N) is 2. The molecule has 1 atom stereocenters. The van der Waals surface area contributed by atoms with Gasteiger partial charge >= 0.3 is 6.18 Å². The average molecular weight is 274 g/mol. The first kappa shape index (κ1) is 13.4. The minimum atomic E-state index is -4.49. The Bertz CT molecular complexity index is 503. The molecule has 1 amide bonds. The number of hydrogen-bond donors (Lipinski definition) is 2. The fourth-order valence-corrected chi connectivity index (χ4v) is 1.94. The minimum Gasteiger partial charge on any atom is -0.384 e. The lowest BCUT2D eigenvalue weighted by Crippen LogP contribution is -2.54. The van der Waals surface area contributed by atoms with Crippen LogP contribution in [0.15, 0.2) is 12.1 Å². The molecule has 0 bridgehead atoms. The topological polar surface area (TPSA) is 71.2 Å². The quantitative estimate of drug-likeness (QED) is 0.801. The molecule has 1 aliphatic heterocycles. The van der Waals surface area contributed by atoms with Crippen LogP contribution in [0, 0.1) is 0 Å². The predicted molar refractivity (Wildman–Crippen MR) is 63.5 cm³/mol. The van der Waals surface area contributed by atoms with Gasteiger partial charge in [-0.15, -0.1) is 0 Å². The first-order valence-electron chi connectivity index (χ1n) is 5.68. The summed E-state index contributed by atoms with van der Waals surface area (Å²) in [6.45, 7) is 2.36. The number of hydrogen-bond acceptors (Lipinski definition) is 4. The number of pyridine rings is 1. The van der Waals surface area contributed by atoms with E-state index in [-0.39, 0.29) is 17.5 Å². The first-order chi connectivity index (χ1) is 8.79. The van der Waals surface area contributed by atoms with Crippen molar-refractivity contribution in [1.82, 2.24) is 10.3 Å². The van der Waals surface area contributed by atoms with Crippen molar-refractivity contribution in [2.75, 3.05) is 23.7 Å². The third kappa shape index (κ3) is 2.72. The number of nitrogens with two attached hydrogens (primary N) is 1. The molecule has 1 unspecified atom stereocenters. The third-order valence-electron chi connectivity index (χ3n) is 2.95. The second-order valence-electron chi connectivity index (χ2n) is 4.30. The van der Waals surface area contributed by atoms with Gasteiger partial charge in [-0.05, 0) is 19.1 Å². The van der Waals surface area contributed by atoms with E-state index >= 15 is 0 Å². The molecule has 1 aromatic heterocycles. The zero-order valence-corrected chi connectivity index (χ0v) is 10.2. The van der Waals surface area contributed by atoms with Crippen LogP contribution in [0.5, 0.6) is 0 Å². The lowest BCUT2D eigenvalue weighted by Gasteiger charge is -2.34. The largest absolute Gasteiger partial charge is 0.416 e. The van der Waals surface area contributed by atoms with E-state index in [1.807, 2.05) is 0 Å². The molecule has 1 fully saturated rings. The molecule has 2 heterocycles. The van der Waals surface area contributed by atoms with E-state index in [2.05, 4.69) is 10.3 Å². The molecule has 0 aromatic carbocycles. The highest BCUT2D eigenvalue weighted by molar-refractivity contribution is 5.85. The van der Waals surface area contributed by atoms with Gasteiger partial charge in [-0.1, -0.05) is 0 Å². The van der Waals surface area contributed by atoms with Crippen LogP contribution in [-0.2, 0) is 11.0 Å². The van der Waals surface area contributed by atoms with E-state index in [0.717, 1.165) is 12.1 Å². The van der Waals surface area contributed by atoms with Gasteiger partial charge in [-0.2, -0.15) is 13.2 Å². The number of amides is 1. The SMILES string of the molecule is CC1C(=O)NCCN1c1cc(C(F)(F)F)cc(N)n1. The maximum atomic E-state index is 12.7. The van der Waals surface area contributed by atoms with E-state index in [0.29, 0.717) is 13.1 Å². The van der Waals surface area contributed by atoms with Gasteiger partial charge in [0.15, 0.2) is 0 Å². The van der Waals surface area contributed by atoms with Crippen molar-refractivity contribution < 1.29 is 18.0 Å². The number of rotatable bonds is 1. The molecule has 0 radical (unpaired) electrons. The number of anilines is 2. The number of aromatic nitrogens is 1. The number of nitrogen functional groups attached to an aromatic ring is 1. The van der Waals surface area contributed by atoms with Crippen LogP contribution in [0.2, 0.25) is 0 Å². The lowest BCUT2D eigenvalue weighted by molar-refractivity contribution is -0.137. The summed E-state index contributed by atoms with van der Waals surface area (Å²) in [5.41, 5.74) is 4.54. The monoisotopic (exact) mass is 274 g/mol. The fraction of sp³-hybridized carbons (Fsp3) is 0.455. The van der Waals surface area contributed by atoms with Crippen molar-refractivity contribution in [3.05, 3.63) is 17.7 Å². The summed E-state index contributed by atoms with van der Waals surface area (Å²) in [6, 6.07) is 1.10. The summed E-state index contributed by atoms with van der Waals surface area (Å²) in [4.78, 5) is 16.9. The number of nitrogens with one attached hydrogen (secondary N) is 1. The Labute approximate surface area is 107 Å². The summed E-state index contributed by atoms with van der Waals surface area (Å²) in [5.74, 6) is -0.401. The van der Waals surface area contributed by atoms with Crippen LogP contribution in [0.3, 0.4) is 0 Å².